The van der Waals surface area contributed by atoms with Gasteiger partial charge in [-0.1, -0.05) is 6.08 Å². The van der Waals surface area contributed by atoms with E-state index in [1.165, 1.54) is 0 Å². The highest BCUT2D eigenvalue weighted by molar-refractivity contribution is 5.78. The molecule has 18 heavy (non-hydrogen) atoms. The lowest BCUT2D eigenvalue weighted by Crippen LogP contribution is -2.42. The smallest absolute Gasteiger partial charge is 0.308 e. The number of aliphatic carboxylic acids is 1. The summed E-state index contributed by atoms with van der Waals surface area (Å²) in [4.78, 5) is 24.4. The van der Waals surface area contributed by atoms with E-state index in [4.69, 9.17) is 9.84 Å². The molecule has 0 unspecified atom stereocenters. The molecule has 0 aromatic carbocycles. The maximum Gasteiger partial charge on any atom is 0.308 e. The number of hydrogen-bond donors (Lipinski definition) is 1. The summed E-state index contributed by atoms with van der Waals surface area (Å²) in [5, 5.41) is 8.94. The largest absolute Gasteiger partial charge is 0.481 e. The van der Waals surface area contributed by atoms with Gasteiger partial charge in [0, 0.05) is 26.1 Å². The zero-order chi connectivity index (χ0) is 13.4. The molecule has 1 aliphatic rings. The summed E-state index contributed by atoms with van der Waals surface area (Å²) in [5.41, 5.74) is 0. The Morgan fingerprint density at radius 1 is 1.50 bits per heavy atom. The van der Waals surface area contributed by atoms with E-state index >= 15 is 0 Å². The highest BCUT2D eigenvalue weighted by Crippen LogP contribution is 2.17. The maximum absolute atomic E-state index is 11.9. The molecule has 0 saturated carbocycles. The number of ether oxygens (including phenoxy) is 1. The van der Waals surface area contributed by atoms with E-state index in [-0.39, 0.29) is 5.91 Å². The number of carboxylic acids is 1. The van der Waals surface area contributed by atoms with Gasteiger partial charge in [0.15, 0.2) is 0 Å². The number of rotatable bonds is 7. The summed E-state index contributed by atoms with van der Waals surface area (Å²) in [6, 6.07) is 0. The topological polar surface area (TPSA) is 66.8 Å². The summed E-state index contributed by atoms with van der Waals surface area (Å²) in [5.74, 6) is -1.18. The van der Waals surface area contributed by atoms with Crippen molar-refractivity contribution in [3.63, 3.8) is 0 Å². The summed E-state index contributed by atoms with van der Waals surface area (Å²) < 4.78 is 5.20. The molecular formula is C13H21NO4. The zero-order valence-corrected chi connectivity index (χ0v) is 10.6. The molecule has 0 spiro atoms. The van der Waals surface area contributed by atoms with Gasteiger partial charge in [0.05, 0.1) is 12.5 Å². The first-order chi connectivity index (χ1) is 8.65. The normalized spacial score (nSPS) is 19.6. The monoisotopic (exact) mass is 255 g/mol. The fraction of sp³-hybridized carbons (Fsp3) is 0.692. The van der Waals surface area contributed by atoms with Gasteiger partial charge in [-0.25, -0.2) is 0 Å². The molecule has 1 fully saturated rings. The van der Waals surface area contributed by atoms with E-state index in [2.05, 4.69) is 6.58 Å². The van der Waals surface area contributed by atoms with E-state index in [0.29, 0.717) is 45.6 Å². The second kappa shape index (κ2) is 7.87. The minimum atomic E-state index is -0.804. The van der Waals surface area contributed by atoms with Crippen molar-refractivity contribution in [3.05, 3.63) is 12.7 Å². The van der Waals surface area contributed by atoms with Crippen LogP contribution in [0.3, 0.4) is 0 Å². The predicted molar refractivity (Wildman–Crippen MR) is 67.2 cm³/mol. The number of hydrogen-bond acceptors (Lipinski definition) is 3. The Morgan fingerprint density at radius 3 is 2.94 bits per heavy atom. The molecule has 1 amide bonds. The molecule has 102 valence electrons. The van der Waals surface area contributed by atoms with E-state index in [1.54, 1.807) is 11.0 Å². The molecule has 0 bridgehead atoms. The molecule has 1 N–H and O–H groups in total. The van der Waals surface area contributed by atoms with Crippen LogP contribution in [0.5, 0.6) is 0 Å². The van der Waals surface area contributed by atoms with Crippen molar-refractivity contribution < 1.29 is 19.4 Å². The fourth-order valence-electron chi connectivity index (χ4n) is 2.06. The summed E-state index contributed by atoms with van der Waals surface area (Å²) in [6.45, 7) is 5.60. The van der Waals surface area contributed by atoms with Gasteiger partial charge in [-0.3, -0.25) is 9.59 Å². The molecule has 5 nitrogen and oxygen atoms in total. The van der Waals surface area contributed by atoms with Gasteiger partial charge in [0.1, 0.15) is 0 Å². The van der Waals surface area contributed by atoms with Crippen LogP contribution in [0.1, 0.15) is 25.7 Å². The average molecular weight is 255 g/mol. The highest BCUT2D eigenvalue weighted by Gasteiger charge is 2.27. The Bertz CT molecular complexity index is 303. The lowest BCUT2D eigenvalue weighted by atomic mass is 9.98. The van der Waals surface area contributed by atoms with E-state index in [9.17, 15) is 9.59 Å². The van der Waals surface area contributed by atoms with Gasteiger partial charge < -0.3 is 14.7 Å². The first-order valence-corrected chi connectivity index (χ1v) is 6.34. The molecule has 5 heteroatoms. The predicted octanol–water partition coefficient (Wildman–Crippen LogP) is 1.29. The second-order valence-corrected chi connectivity index (χ2v) is 4.48. The maximum atomic E-state index is 11.9. The van der Waals surface area contributed by atoms with Crippen molar-refractivity contribution in [2.24, 2.45) is 5.92 Å². The molecule has 1 heterocycles. The van der Waals surface area contributed by atoms with E-state index in [0.717, 1.165) is 6.42 Å². The number of nitrogens with zero attached hydrogens (tertiary/aromatic N) is 1. The van der Waals surface area contributed by atoms with Crippen LogP contribution < -0.4 is 0 Å². The van der Waals surface area contributed by atoms with Crippen molar-refractivity contribution in [1.29, 1.82) is 0 Å². The van der Waals surface area contributed by atoms with Crippen molar-refractivity contribution in [3.8, 4) is 0 Å². The average Bonchev–Trinajstić information content (AvgIpc) is 2.38. The summed E-state index contributed by atoms with van der Waals surface area (Å²) in [6.07, 6.45) is 4.20. The van der Waals surface area contributed by atoms with Crippen molar-refractivity contribution in [2.45, 2.75) is 25.7 Å². The van der Waals surface area contributed by atoms with Crippen LogP contribution in [0, 0.1) is 5.92 Å². The third-order valence-corrected chi connectivity index (χ3v) is 3.04. The standard InChI is InChI=1S/C13H21NO4/c1-2-8-18-9-4-6-12(15)14-7-3-5-11(10-14)13(16)17/h2,11H,1,3-10H2,(H,16,17)/t11-/m0/s1. The number of piperidine rings is 1. The van der Waals surface area contributed by atoms with Crippen LogP contribution >= 0.6 is 0 Å². The SMILES string of the molecule is C=CCOCCCC(=O)N1CCC[C@H](C(=O)O)C1. The van der Waals surface area contributed by atoms with Gasteiger partial charge in [-0.15, -0.1) is 6.58 Å². The molecule has 1 atom stereocenters. The number of carbonyl (C=O) groups is 2. The Labute approximate surface area is 107 Å². The van der Waals surface area contributed by atoms with Gasteiger partial charge in [0.25, 0.3) is 0 Å². The van der Waals surface area contributed by atoms with Crippen LogP contribution in [-0.4, -0.2) is 48.2 Å². The van der Waals surface area contributed by atoms with E-state index in [1.807, 2.05) is 0 Å². The van der Waals surface area contributed by atoms with Crippen molar-refractivity contribution in [1.82, 2.24) is 4.90 Å². The molecule has 0 aromatic rings. The number of carboxylic acid groups (broad SMARTS) is 1. The number of amides is 1. The Morgan fingerprint density at radius 2 is 2.28 bits per heavy atom. The highest BCUT2D eigenvalue weighted by atomic mass is 16.5. The summed E-state index contributed by atoms with van der Waals surface area (Å²) in [7, 11) is 0. The Kier molecular flexibility index (Phi) is 6.43. The van der Waals surface area contributed by atoms with E-state index < -0.39 is 11.9 Å². The van der Waals surface area contributed by atoms with Crippen LogP contribution in [0.25, 0.3) is 0 Å². The van der Waals surface area contributed by atoms with Gasteiger partial charge >= 0.3 is 5.97 Å². The van der Waals surface area contributed by atoms with Gasteiger partial charge in [-0.05, 0) is 19.3 Å². The van der Waals surface area contributed by atoms with Crippen molar-refractivity contribution in [2.75, 3.05) is 26.3 Å². The van der Waals surface area contributed by atoms with Crippen molar-refractivity contribution >= 4 is 11.9 Å². The minimum Gasteiger partial charge on any atom is -0.481 e. The molecule has 0 radical (unpaired) electrons. The number of likely N-dealkylation sites (tertiary alicyclic amines) is 1. The molecule has 1 aliphatic heterocycles. The summed E-state index contributed by atoms with van der Waals surface area (Å²) >= 11 is 0. The van der Waals surface area contributed by atoms with Gasteiger partial charge in [0.2, 0.25) is 5.91 Å². The fourth-order valence-corrected chi connectivity index (χ4v) is 2.06. The molecule has 1 saturated heterocycles. The van der Waals surface area contributed by atoms with Crippen LogP contribution in [0.15, 0.2) is 12.7 Å². The molecule has 0 aromatic heterocycles. The molecule has 1 rings (SSSR count). The Hall–Kier alpha value is -1.36. The lowest BCUT2D eigenvalue weighted by molar-refractivity contribution is -0.145. The zero-order valence-electron chi connectivity index (χ0n) is 10.6. The minimum absolute atomic E-state index is 0.0307. The quantitative estimate of drug-likeness (QED) is 0.550. The van der Waals surface area contributed by atoms with Gasteiger partial charge in [-0.2, -0.15) is 0 Å². The van der Waals surface area contributed by atoms with Crippen LogP contribution in [-0.2, 0) is 14.3 Å². The third-order valence-electron chi connectivity index (χ3n) is 3.04. The lowest BCUT2D eigenvalue weighted by Gasteiger charge is -2.30. The first-order valence-electron chi connectivity index (χ1n) is 6.34. The first kappa shape index (κ1) is 14.7. The Balaban J connectivity index is 2.24. The third kappa shape index (κ3) is 4.87. The second-order valence-electron chi connectivity index (χ2n) is 4.48. The van der Waals surface area contributed by atoms with Crippen LogP contribution in [0.4, 0.5) is 0 Å². The van der Waals surface area contributed by atoms with Crippen LogP contribution in [0.2, 0.25) is 0 Å². The molecular weight excluding hydrogens is 234 g/mol. The molecule has 0 aliphatic carbocycles. The number of carbonyl (C=O) groups excluding carboxylic acids is 1.